The minimum absolute atomic E-state index is 0.00238. The van der Waals surface area contributed by atoms with E-state index in [1.807, 2.05) is 74.8 Å². The Labute approximate surface area is 563 Å². The van der Waals surface area contributed by atoms with E-state index in [9.17, 15) is 24.9 Å². The highest BCUT2D eigenvalue weighted by Gasteiger charge is 2.67. The fourth-order valence-electron chi connectivity index (χ4n) is 18.7. The lowest BCUT2D eigenvalue weighted by Crippen LogP contribution is -2.63. The number of nitrogens with zero attached hydrogens (tertiary/aromatic N) is 2. The number of ether oxygens (including phenoxy) is 3. The molecular formula is C72H116N12O11. The number of aliphatic hydroxyl groups excluding tert-OH is 3. The Kier molecular flexibility index (Phi) is 26.8. The lowest BCUT2D eigenvalue weighted by atomic mass is 9.50. The first-order valence-corrected chi connectivity index (χ1v) is 36.4. The van der Waals surface area contributed by atoms with Gasteiger partial charge in [0.05, 0.1) is 56.8 Å². The van der Waals surface area contributed by atoms with Crippen LogP contribution >= 0.6 is 0 Å². The van der Waals surface area contributed by atoms with E-state index in [0.29, 0.717) is 107 Å². The van der Waals surface area contributed by atoms with E-state index in [4.69, 9.17) is 31.4 Å². The van der Waals surface area contributed by atoms with Crippen LogP contribution < -0.4 is 54.4 Å². The molecule has 5 amide bonds. The van der Waals surface area contributed by atoms with Gasteiger partial charge in [-0.15, -0.1) is 0 Å². The molecule has 2 aliphatic heterocycles. The second-order valence-corrected chi connectivity index (χ2v) is 30.3. The van der Waals surface area contributed by atoms with Gasteiger partial charge in [-0.25, -0.2) is 0 Å². The van der Waals surface area contributed by atoms with E-state index in [1.165, 1.54) is 19.3 Å². The summed E-state index contributed by atoms with van der Waals surface area (Å²) in [5.41, 5.74) is 19.6. The Morgan fingerprint density at radius 1 is 0.642 bits per heavy atom. The molecule has 2 aromatic rings. The molecule has 16 N–H and O–H groups in total. The van der Waals surface area contributed by atoms with Crippen molar-refractivity contribution in [2.75, 3.05) is 73.2 Å². The van der Waals surface area contributed by atoms with E-state index >= 15 is 14.4 Å². The Bertz CT molecular complexity index is 2710. The lowest BCUT2D eigenvalue weighted by molar-refractivity contribution is -0.141. The van der Waals surface area contributed by atoms with Crippen molar-refractivity contribution in [2.24, 2.45) is 63.5 Å². The first kappa shape index (κ1) is 73.0. The van der Waals surface area contributed by atoms with E-state index in [2.05, 4.69) is 42.1 Å². The van der Waals surface area contributed by atoms with E-state index in [0.717, 1.165) is 62.6 Å². The van der Waals surface area contributed by atoms with Crippen LogP contribution in [0.4, 0.5) is 0 Å². The summed E-state index contributed by atoms with van der Waals surface area (Å²) in [6, 6.07) is 12.7. The van der Waals surface area contributed by atoms with Gasteiger partial charge >= 0.3 is 0 Å². The highest BCUT2D eigenvalue weighted by Crippen LogP contribution is 2.71. The molecule has 530 valence electrons. The molecule has 8 bridgehead atoms. The second-order valence-electron chi connectivity index (χ2n) is 30.3. The van der Waals surface area contributed by atoms with Gasteiger partial charge in [0.2, 0.25) is 29.5 Å². The van der Waals surface area contributed by atoms with Gasteiger partial charge in [0, 0.05) is 31.0 Å². The summed E-state index contributed by atoms with van der Waals surface area (Å²) in [5.74, 6) is 0.831. The molecule has 8 saturated carbocycles. The number of hydrogen-bond acceptors (Lipinski definition) is 18. The van der Waals surface area contributed by atoms with Crippen molar-refractivity contribution in [3.63, 3.8) is 0 Å². The van der Waals surface area contributed by atoms with E-state index in [1.54, 1.807) is 4.90 Å². The second kappa shape index (κ2) is 34.9. The molecule has 0 aromatic heterocycles. The summed E-state index contributed by atoms with van der Waals surface area (Å²) >= 11 is 0. The smallest absolute Gasteiger partial charge is 0.245 e. The van der Waals surface area contributed by atoms with Gasteiger partial charge in [0.1, 0.15) is 36.8 Å². The van der Waals surface area contributed by atoms with Crippen LogP contribution in [0.1, 0.15) is 152 Å². The maximum absolute atomic E-state index is 15.3. The predicted octanol–water partition coefficient (Wildman–Crippen LogP) is 2.61. The van der Waals surface area contributed by atoms with Crippen LogP contribution in [-0.4, -0.2) is 201 Å². The van der Waals surface area contributed by atoms with Gasteiger partial charge in [-0.3, -0.25) is 39.9 Å². The molecule has 10 aliphatic rings. The molecule has 10 fully saturated rings. The molecule has 14 unspecified atom stereocenters. The molecule has 23 nitrogen and oxygen atoms in total. The highest BCUT2D eigenvalue weighted by atomic mass is 16.5. The van der Waals surface area contributed by atoms with Crippen molar-refractivity contribution in [1.82, 2.24) is 47.0 Å². The molecule has 14 atom stereocenters. The first-order valence-electron chi connectivity index (χ1n) is 36.4. The number of fused-ring (bicyclic) bond motifs is 1. The number of nitrogens with two attached hydrogens (primary N) is 3. The average molecular weight is 1330 g/mol. The van der Waals surface area contributed by atoms with Gasteiger partial charge in [-0.2, -0.15) is 0 Å². The molecule has 0 radical (unpaired) electrons. The van der Waals surface area contributed by atoms with Crippen molar-refractivity contribution >= 4 is 29.5 Å². The molecule has 23 heteroatoms. The van der Waals surface area contributed by atoms with Crippen molar-refractivity contribution < 1.29 is 53.5 Å². The van der Waals surface area contributed by atoms with E-state index in [-0.39, 0.29) is 88.3 Å². The van der Waals surface area contributed by atoms with Gasteiger partial charge in [-0.05, 0) is 234 Å². The summed E-state index contributed by atoms with van der Waals surface area (Å²) in [4.78, 5) is 79.3. The standard InChI is InChI=1S/C72H116N12O11/c1-83(2)28-12-21-55-61(85)23-24-63(95-45-71-36-48-30-49(37-71)32-50(31-48)38-71)78-56(18-9-25-73)65(87)76-41-54(43-93-42-47-16-7-4-8-17-47)94-44-62(86)77-57(19-10-26-74)67(89)82-64(72-39-51-34-53(72)35-52(51)40-72)69(91)80-58(20-11-27-75)66(88)81-59(33-46-14-5-3-6-15-46)70(92)84-29-13-22-60(84)68(90)79-55/h3-8,14-17,48-64,68,77-79,85-86,90H,9-13,18-45,73-75H2,1-2H3,(H,76,87)(H,80,91)(H,81,88)(H,82,89). The van der Waals surface area contributed by atoms with Gasteiger partial charge in [-0.1, -0.05) is 60.7 Å². The number of nitrogens with one attached hydrogen (secondary N) is 7. The zero-order valence-electron chi connectivity index (χ0n) is 56.7. The number of benzene rings is 2. The number of hydrogen-bond donors (Lipinski definition) is 13. The molecule has 12 rings (SSSR count). The number of carbonyl (C=O) groups excluding carboxylic acids is 5. The third-order valence-electron chi connectivity index (χ3n) is 22.9. The van der Waals surface area contributed by atoms with Crippen LogP contribution in [0.15, 0.2) is 60.7 Å². The summed E-state index contributed by atoms with van der Waals surface area (Å²) in [5, 5.41) is 59.5. The van der Waals surface area contributed by atoms with E-state index < -0.39 is 96.3 Å². The normalized spacial score (nSPS) is 36.9. The topological polar surface area (TPSA) is 342 Å². The van der Waals surface area contributed by atoms with Crippen LogP contribution in [-0.2, 0) is 51.2 Å². The maximum Gasteiger partial charge on any atom is 0.245 e. The molecule has 0 spiro atoms. The number of carbonyl (C=O) groups is 5. The van der Waals surface area contributed by atoms with Gasteiger partial charge < -0.3 is 77.8 Å². The molecular weight excluding hydrogens is 1210 g/mol. The zero-order valence-corrected chi connectivity index (χ0v) is 56.7. The van der Waals surface area contributed by atoms with Crippen LogP contribution in [0.2, 0.25) is 0 Å². The predicted molar refractivity (Wildman–Crippen MR) is 362 cm³/mol. The average Bonchev–Trinajstić information content (AvgIpc) is 1.55. The summed E-state index contributed by atoms with van der Waals surface area (Å²) in [6.07, 6.45) is 10.6. The van der Waals surface area contributed by atoms with Crippen molar-refractivity contribution in [3.8, 4) is 0 Å². The zero-order chi connectivity index (χ0) is 67.1. The number of rotatable bonds is 23. The quantitative estimate of drug-likeness (QED) is 0.0760. The van der Waals surface area contributed by atoms with Crippen LogP contribution in [0.3, 0.4) is 0 Å². The summed E-state index contributed by atoms with van der Waals surface area (Å²) in [7, 11) is 3.99. The fourth-order valence-corrected chi connectivity index (χ4v) is 18.7. The Hall–Kier alpha value is -4.73. The number of amides is 5. The largest absolute Gasteiger partial charge is 0.392 e. The lowest BCUT2D eigenvalue weighted by Gasteiger charge is -2.56. The summed E-state index contributed by atoms with van der Waals surface area (Å²) < 4.78 is 19.7. The Morgan fingerprint density at radius 2 is 1.24 bits per heavy atom. The molecule has 2 aromatic carbocycles. The monoisotopic (exact) mass is 1320 g/mol. The van der Waals surface area contributed by atoms with Crippen molar-refractivity contribution in [2.45, 2.75) is 227 Å². The van der Waals surface area contributed by atoms with Crippen molar-refractivity contribution in [3.05, 3.63) is 71.8 Å². The van der Waals surface area contributed by atoms with Crippen LogP contribution in [0.5, 0.6) is 0 Å². The van der Waals surface area contributed by atoms with Crippen LogP contribution in [0.25, 0.3) is 0 Å². The number of aliphatic hydroxyl groups is 3. The molecule has 2 heterocycles. The summed E-state index contributed by atoms with van der Waals surface area (Å²) in [6.45, 7) is 2.42. The Morgan fingerprint density at radius 3 is 1.85 bits per heavy atom. The van der Waals surface area contributed by atoms with Gasteiger partial charge in [0.25, 0.3) is 0 Å². The van der Waals surface area contributed by atoms with Crippen LogP contribution in [0, 0.1) is 46.3 Å². The SMILES string of the molecule is CN(C)CCCC1NC(O)C2CCCN2C(=O)C(Cc2ccccc2)NC(=O)C(CCCN)NC(=O)C(C23CC4CC2CC4C3)NC(=O)C(CCCN)NC(O)COC(COCc2ccccc2)CNC(=O)C(CCCN)NC(OCC23CC4CC(CC(C4)C2)C3)CCC1O. The fraction of sp³-hybridized carbons (Fsp3) is 0.764. The van der Waals surface area contributed by atoms with Crippen molar-refractivity contribution in [1.29, 1.82) is 0 Å². The Balaban J connectivity index is 0.960. The minimum atomic E-state index is -1.39. The molecule has 8 aliphatic carbocycles. The third kappa shape index (κ3) is 19.4. The molecule has 95 heavy (non-hydrogen) atoms. The maximum atomic E-state index is 15.3. The minimum Gasteiger partial charge on any atom is -0.392 e. The first-order chi connectivity index (χ1) is 45.9. The molecule has 2 saturated heterocycles. The van der Waals surface area contributed by atoms with Gasteiger partial charge in [0.15, 0.2) is 0 Å². The third-order valence-corrected chi connectivity index (χ3v) is 22.9. The highest BCUT2D eigenvalue weighted by molar-refractivity contribution is 5.95.